The average Bonchev–Trinajstić information content (AvgIpc) is 3.54. The first-order chi connectivity index (χ1) is 18.5. The number of aromatic nitrogens is 3. The lowest BCUT2D eigenvalue weighted by atomic mass is 9.85. The van der Waals surface area contributed by atoms with Crippen molar-refractivity contribution in [1.29, 1.82) is 0 Å². The largest absolute Gasteiger partial charge is 0.505 e. The number of aliphatic hydroxyl groups excluding tert-OH is 1. The Morgan fingerprint density at radius 1 is 1.03 bits per heavy atom. The fourth-order valence-electron chi connectivity index (χ4n) is 5.03. The first-order valence-corrected chi connectivity index (χ1v) is 13.7. The summed E-state index contributed by atoms with van der Waals surface area (Å²) in [6.45, 7) is 8.12. The van der Waals surface area contributed by atoms with Crippen LogP contribution in [0.3, 0.4) is 0 Å². The van der Waals surface area contributed by atoms with Gasteiger partial charge in [0.25, 0.3) is 5.78 Å². The van der Waals surface area contributed by atoms with E-state index in [1.807, 2.05) is 42.5 Å². The Labute approximate surface area is 234 Å². The maximum Gasteiger partial charge on any atom is 0.301 e. The van der Waals surface area contributed by atoms with Crippen LogP contribution >= 0.6 is 22.9 Å². The number of Topliss-reactive ketones (excluding diaryl/α,β-unsaturated/α-hetero) is 1. The van der Waals surface area contributed by atoms with E-state index >= 15 is 0 Å². The van der Waals surface area contributed by atoms with E-state index in [0.29, 0.717) is 38.3 Å². The smallest absolute Gasteiger partial charge is 0.301 e. The summed E-state index contributed by atoms with van der Waals surface area (Å²) in [5, 5.41) is 12.6. The van der Waals surface area contributed by atoms with Crippen molar-refractivity contribution in [3.05, 3.63) is 100.0 Å². The van der Waals surface area contributed by atoms with Crippen LogP contribution in [0.2, 0.25) is 5.02 Å². The number of hydrogen-bond donors (Lipinski definition) is 1. The fraction of sp³-hybridized carbons (Fsp3) is 0.200. The molecule has 1 aliphatic rings. The Kier molecular flexibility index (Phi) is 5.86. The topological polar surface area (TPSA) is 87.8 Å². The number of halogens is 1. The highest BCUT2D eigenvalue weighted by Gasteiger charge is 2.48. The lowest BCUT2D eigenvalue weighted by molar-refractivity contribution is -0.132. The Morgan fingerprint density at radius 2 is 1.77 bits per heavy atom. The Balaban J connectivity index is 1.60. The fourth-order valence-corrected chi connectivity index (χ4v) is 6.29. The molecule has 2 aromatic carbocycles. The number of carbonyl (C=O) groups is 2. The molecule has 196 valence electrons. The van der Waals surface area contributed by atoms with Crippen LogP contribution in [-0.2, 0) is 15.0 Å². The quantitative estimate of drug-likeness (QED) is 0.149. The number of amides is 1. The minimum atomic E-state index is -0.885. The third-order valence-corrected chi connectivity index (χ3v) is 8.26. The Morgan fingerprint density at radius 3 is 2.49 bits per heavy atom. The molecule has 3 aromatic heterocycles. The van der Waals surface area contributed by atoms with Crippen molar-refractivity contribution in [1.82, 2.24) is 14.4 Å². The number of rotatable bonds is 3. The first kappa shape index (κ1) is 25.3. The van der Waals surface area contributed by atoms with Gasteiger partial charge in [-0.3, -0.25) is 18.9 Å². The molecule has 6 rings (SSSR count). The molecule has 0 saturated carbocycles. The Hall–Kier alpha value is -4.01. The van der Waals surface area contributed by atoms with Gasteiger partial charge in [0.05, 0.1) is 27.5 Å². The number of aliphatic hydroxyl groups is 1. The predicted molar refractivity (Wildman–Crippen MR) is 154 cm³/mol. The first-order valence-electron chi connectivity index (χ1n) is 12.5. The average molecular weight is 557 g/mol. The number of carbonyl (C=O) groups excluding carboxylic acids is 2. The number of pyridine rings is 1. The second kappa shape index (κ2) is 9.03. The molecule has 39 heavy (non-hydrogen) atoms. The number of anilines is 1. The molecule has 1 aliphatic heterocycles. The van der Waals surface area contributed by atoms with E-state index in [4.69, 9.17) is 11.6 Å². The summed E-state index contributed by atoms with van der Waals surface area (Å²) < 4.78 is 2.51. The number of imidazole rings is 1. The molecule has 0 radical (unpaired) electrons. The molecule has 1 saturated heterocycles. The normalized spacial score (nSPS) is 17.6. The lowest BCUT2D eigenvalue weighted by Crippen LogP contribution is -2.29. The van der Waals surface area contributed by atoms with E-state index in [1.54, 1.807) is 35.7 Å². The standard InChI is InChI=1S/C30H25ClN4O3S/c1-16-24(34-14-6-5-7-22(34)32-16)26(36)23-25(17-8-10-18(11-9-17)30(2,3)4)35(28(38)27(23)37)29-33-20-13-12-19(31)15-21(20)39-29/h5-15,25,36H,1-4H3. The third kappa shape index (κ3) is 4.11. The van der Waals surface area contributed by atoms with E-state index in [0.717, 1.165) is 10.3 Å². The molecular weight excluding hydrogens is 532 g/mol. The number of benzene rings is 2. The van der Waals surface area contributed by atoms with E-state index in [-0.39, 0.29) is 16.7 Å². The number of thiazole rings is 1. The summed E-state index contributed by atoms with van der Waals surface area (Å²) in [4.78, 5) is 37.9. The van der Waals surface area contributed by atoms with Gasteiger partial charge in [-0.25, -0.2) is 9.97 Å². The van der Waals surface area contributed by atoms with Gasteiger partial charge in [0.15, 0.2) is 10.9 Å². The minimum Gasteiger partial charge on any atom is -0.505 e. The van der Waals surface area contributed by atoms with Gasteiger partial charge in [-0.15, -0.1) is 0 Å². The van der Waals surface area contributed by atoms with Gasteiger partial charge in [0.1, 0.15) is 11.3 Å². The van der Waals surface area contributed by atoms with E-state index in [2.05, 4.69) is 30.7 Å². The van der Waals surface area contributed by atoms with Gasteiger partial charge in [0.2, 0.25) is 0 Å². The summed E-state index contributed by atoms with van der Waals surface area (Å²) >= 11 is 7.47. The number of hydrogen-bond acceptors (Lipinski definition) is 6. The van der Waals surface area contributed by atoms with Crippen LogP contribution in [0, 0.1) is 6.92 Å². The van der Waals surface area contributed by atoms with Crippen LogP contribution in [0.15, 0.2) is 72.4 Å². The summed E-state index contributed by atoms with van der Waals surface area (Å²) in [5.41, 5.74) is 3.91. The third-order valence-electron chi connectivity index (χ3n) is 7.01. The van der Waals surface area contributed by atoms with Crippen LogP contribution in [0.1, 0.15) is 49.3 Å². The molecule has 4 heterocycles. The molecular formula is C30H25ClN4O3S. The maximum atomic E-state index is 13.7. The van der Waals surface area contributed by atoms with E-state index in [1.165, 1.54) is 16.2 Å². The van der Waals surface area contributed by atoms with Gasteiger partial charge in [0, 0.05) is 11.2 Å². The van der Waals surface area contributed by atoms with Crippen LogP contribution in [0.5, 0.6) is 0 Å². The zero-order valence-corrected chi connectivity index (χ0v) is 23.3. The highest BCUT2D eigenvalue weighted by Crippen LogP contribution is 2.45. The maximum absolute atomic E-state index is 13.7. The van der Waals surface area contributed by atoms with Crippen molar-refractivity contribution in [2.75, 3.05) is 4.90 Å². The summed E-state index contributed by atoms with van der Waals surface area (Å²) in [7, 11) is 0. The second-order valence-electron chi connectivity index (χ2n) is 10.6. The molecule has 1 atom stereocenters. The van der Waals surface area contributed by atoms with Crippen molar-refractivity contribution in [3.8, 4) is 0 Å². The Bertz CT molecular complexity index is 1830. The summed E-state index contributed by atoms with van der Waals surface area (Å²) in [6.07, 6.45) is 1.77. The van der Waals surface area contributed by atoms with Gasteiger partial charge >= 0.3 is 5.91 Å². The molecule has 1 N–H and O–H groups in total. The molecule has 7 nitrogen and oxygen atoms in total. The van der Waals surface area contributed by atoms with Crippen LogP contribution in [-0.4, -0.2) is 31.2 Å². The van der Waals surface area contributed by atoms with Crippen molar-refractivity contribution in [2.45, 2.75) is 39.2 Å². The van der Waals surface area contributed by atoms with Crippen molar-refractivity contribution < 1.29 is 14.7 Å². The molecule has 9 heteroatoms. The molecule has 1 amide bonds. The minimum absolute atomic E-state index is 0.00505. The van der Waals surface area contributed by atoms with Crippen LogP contribution in [0.4, 0.5) is 5.13 Å². The number of fused-ring (bicyclic) bond motifs is 2. The highest BCUT2D eigenvalue weighted by molar-refractivity contribution is 7.22. The monoisotopic (exact) mass is 556 g/mol. The lowest BCUT2D eigenvalue weighted by Gasteiger charge is -2.24. The van der Waals surface area contributed by atoms with Crippen molar-refractivity contribution in [2.24, 2.45) is 0 Å². The van der Waals surface area contributed by atoms with Crippen molar-refractivity contribution in [3.63, 3.8) is 0 Å². The van der Waals surface area contributed by atoms with Gasteiger partial charge in [-0.05, 0) is 53.8 Å². The van der Waals surface area contributed by atoms with Crippen LogP contribution in [0.25, 0.3) is 21.6 Å². The van der Waals surface area contributed by atoms with Crippen LogP contribution < -0.4 is 4.90 Å². The number of aryl methyl sites for hydroxylation is 1. The molecule has 1 unspecified atom stereocenters. The van der Waals surface area contributed by atoms with E-state index < -0.39 is 17.7 Å². The summed E-state index contributed by atoms with van der Waals surface area (Å²) in [5.74, 6) is -1.81. The molecule has 0 aliphatic carbocycles. The predicted octanol–water partition coefficient (Wildman–Crippen LogP) is 6.83. The van der Waals surface area contributed by atoms with E-state index in [9.17, 15) is 14.7 Å². The second-order valence-corrected chi connectivity index (χ2v) is 12.1. The molecule has 1 fully saturated rings. The molecule has 5 aromatic rings. The van der Waals surface area contributed by atoms with Gasteiger partial charge < -0.3 is 5.11 Å². The number of nitrogens with zero attached hydrogens (tertiary/aromatic N) is 4. The highest BCUT2D eigenvalue weighted by atomic mass is 35.5. The zero-order chi connectivity index (χ0) is 27.6. The SMILES string of the molecule is Cc1nc2ccccn2c1C(O)=C1C(=O)C(=O)N(c2nc3ccc(Cl)cc3s2)C1c1ccc(C(C)(C)C)cc1. The van der Waals surface area contributed by atoms with Gasteiger partial charge in [-0.2, -0.15) is 0 Å². The number of ketones is 1. The van der Waals surface area contributed by atoms with Crippen molar-refractivity contribution >= 4 is 61.4 Å². The molecule has 0 spiro atoms. The van der Waals surface area contributed by atoms with Gasteiger partial charge in [-0.1, -0.05) is 74.0 Å². The zero-order valence-electron chi connectivity index (χ0n) is 21.8. The summed E-state index contributed by atoms with van der Waals surface area (Å²) in [6, 6.07) is 17.7. The molecule has 0 bridgehead atoms.